The van der Waals surface area contributed by atoms with Crippen molar-refractivity contribution < 1.29 is 19.8 Å². The molecule has 2 fully saturated rings. The highest BCUT2D eigenvalue weighted by Crippen LogP contribution is 2.37. The monoisotopic (exact) mass is 410 g/mol. The summed E-state index contributed by atoms with van der Waals surface area (Å²) in [5.74, 6) is -0.259. The summed E-state index contributed by atoms with van der Waals surface area (Å²) in [6.07, 6.45) is 0.269. The smallest absolute Gasteiger partial charge is 0.254 e. The minimum Gasteiger partial charge on any atom is -0.508 e. The van der Waals surface area contributed by atoms with Crippen molar-refractivity contribution in [2.75, 3.05) is 26.2 Å². The normalized spacial score (nSPS) is 17.9. The zero-order valence-corrected chi connectivity index (χ0v) is 16.6. The fourth-order valence-electron chi connectivity index (χ4n) is 3.73. The number of phenolic OH excluding ortho intramolecular Hbond substituents is 1. The van der Waals surface area contributed by atoms with E-state index in [0.29, 0.717) is 50.1 Å². The molecule has 2 aromatic carbocycles. The minimum atomic E-state index is -1.16. The molecule has 0 bridgehead atoms. The van der Waals surface area contributed by atoms with Crippen LogP contribution in [-0.2, 0) is 4.79 Å². The van der Waals surface area contributed by atoms with Crippen LogP contribution in [0, 0.1) is 0 Å². The SMILES string of the molecule is NC(N)c1cc(-c2ccc(C(=O)N3CCN(C(=O)C4(O)CC4)CC3)cc2)ccc1O. The number of benzene rings is 2. The Hall–Kier alpha value is -2.94. The molecule has 0 aromatic heterocycles. The maximum atomic E-state index is 12.8. The highest BCUT2D eigenvalue weighted by molar-refractivity contribution is 5.95. The van der Waals surface area contributed by atoms with Crippen LogP contribution in [-0.4, -0.2) is 63.6 Å². The summed E-state index contributed by atoms with van der Waals surface area (Å²) < 4.78 is 0. The molecule has 0 radical (unpaired) electrons. The molecule has 0 spiro atoms. The molecule has 1 saturated carbocycles. The first-order valence-corrected chi connectivity index (χ1v) is 10.0. The Morgan fingerprint density at radius 1 is 0.900 bits per heavy atom. The molecule has 0 unspecified atom stereocenters. The van der Waals surface area contributed by atoms with Gasteiger partial charge >= 0.3 is 0 Å². The van der Waals surface area contributed by atoms with Crippen LogP contribution in [0.1, 0.15) is 34.9 Å². The second-order valence-electron chi connectivity index (χ2n) is 7.99. The summed E-state index contributed by atoms with van der Waals surface area (Å²) in [7, 11) is 0. The molecule has 4 rings (SSSR count). The molecular formula is C22H26N4O4. The van der Waals surface area contributed by atoms with Gasteiger partial charge in [-0.15, -0.1) is 0 Å². The van der Waals surface area contributed by atoms with Gasteiger partial charge in [0.1, 0.15) is 11.4 Å². The topological polar surface area (TPSA) is 133 Å². The zero-order valence-electron chi connectivity index (χ0n) is 16.6. The van der Waals surface area contributed by atoms with Gasteiger partial charge in [-0.25, -0.2) is 0 Å². The van der Waals surface area contributed by atoms with Crippen molar-refractivity contribution in [1.82, 2.24) is 9.80 Å². The highest BCUT2D eigenvalue weighted by Gasteiger charge is 2.50. The van der Waals surface area contributed by atoms with Crippen LogP contribution in [0.3, 0.4) is 0 Å². The van der Waals surface area contributed by atoms with E-state index in [1.54, 1.807) is 40.1 Å². The van der Waals surface area contributed by atoms with E-state index in [4.69, 9.17) is 11.5 Å². The van der Waals surface area contributed by atoms with Gasteiger partial charge in [-0.05, 0) is 48.2 Å². The molecule has 6 N–H and O–H groups in total. The summed E-state index contributed by atoms with van der Waals surface area (Å²) in [5, 5.41) is 19.9. The van der Waals surface area contributed by atoms with E-state index in [2.05, 4.69) is 0 Å². The number of carbonyl (C=O) groups is 2. The van der Waals surface area contributed by atoms with E-state index in [-0.39, 0.29) is 17.6 Å². The average Bonchev–Trinajstić information content (AvgIpc) is 3.51. The van der Waals surface area contributed by atoms with Gasteiger partial charge in [0, 0.05) is 37.3 Å². The van der Waals surface area contributed by atoms with Crippen molar-refractivity contribution in [2.24, 2.45) is 11.5 Å². The van der Waals surface area contributed by atoms with E-state index in [0.717, 1.165) is 11.1 Å². The number of amides is 2. The van der Waals surface area contributed by atoms with Gasteiger partial charge in [0.15, 0.2) is 0 Å². The first-order chi connectivity index (χ1) is 14.3. The molecule has 1 heterocycles. The van der Waals surface area contributed by atoms with Gasteiger partial charge in [0.25, 0.3) is 11.8 Å². The number of carbonyl (C=O) groups excluding carboxylic acids is 2. The summed E-state index contributed by atoms with van der Waals surface area (Å²) in [5.41, 5.74) is 13.0. The number of nitrogens with two attached hydrogens (primary N) is 2. The third kappa shape index (κ3) is 3.89. The summed E-state index contributed by atoms with van der Waals surface area (Å²) in [6, 6.07) is 12.3. The lowest BCUT2D eigenvalue weighted by molar-refractivity contribution is -0.143. The van der Waals surface area contributed by atoms with Crippen LogP contribution in [0.25, 0.3) is 11.1 Å². The van der Waals surface area contributed by atoms with Crippen molar-refractivity contribution in [3.05, 3.63) is 53.6 Å². The number of nitrogens with zero attached hydrogens (tertiary/aromatic N) is 2. The second-order valence-corrected chi connectivity index (χ2v) is 7.99. The molecule has 2 aliphatic rings. The number of hydrogen-bond acceptors (Lipinski definition) is 6. The lowest BCUT2D eigenvalue weighted by Crippen LogP contribution is -2.53. The maximum Gasteiger partial charge on any atom is 0.254 e. The van der Waals surface area contributed by atoms with Crippen LogP contribution in [0.5, 0.6) is 5.75 Å². The molecule has 1 aliphatic heterocycles. The van der Waals surface area contributed by atoms with Crippen LogP contribution in [0.4, 0.5) is 0 Å². The molecule has 2 amide bonds. The predicted octanol–water partition coefficient (Wildman–Crippen LogP) is 0.785. The Labute approximate surface area is 174 Å². The number of phenols is 1. The van der Waals surface area contributed by atoms with E-state index in [9.17, 15) is 19.8 Å². The number of piperazine rings is 1. The molecule has 1 aliphatic carbocycles. The van der Waals surface area contributed by atoms with Crippen molar-refractivity contribution in [3.63, 3.8) is 0 Å². The lowest BCUT2D eigenvalue weighted by atomic mass is 10.00. The van der Waals surface area contributed by atoms with Gasteiger partial charge in [0.05, 0.1) is 6.17 Å². The van der Waals surface area contributed by atoms with Crippen molar-refractivity contribution >= 4 is 11.8 Å². The molecule has 8 nitrogen and oxygen atoms in total. The molecule has 158 valence electrons. The lowest BCUT2D eigenvalue weighted by Gasteiger charge is -2.35. The Bertz CT molecular complexity index is 962. The molecule has 0 atom stereocenters. The largest absolute Gasteiger partial charge is 0.508 e. The Kier molecular flexibility index (Phi) is 5.23. The van der Waals surface area contributed by atoms with Gasteiger partial charge < -0.3 is 31.5 Å². The molecule has 1 saturated heterocycles. The summed E-state index contributed by atoms with van der Waals surface area (Å²) in [4.78, 5) is 28.4. The molecule has 30 heavy (non-hydrogen) atoms. The maximum absolute atomic E-state index is 12.8. The first-order valence-electron chi connectivity index (χ1n) is 10.0. The van der Waals surface area contributed by atoms with Crippen LogP contribution in [0.2, 0.25) is 0 Å². The average molecular weight is 410 g/mol. The fourth-order valence-corrected chi connectivity index (χ4v) is 3.73. The van der Waals surface area contributed by atoms with E-state index >= 15 is 0 Å². The third-order valence-electron chi connectivity index (χ3n) is 5.83. The summed E-state index contributed by atoms with van der Waals surface area (Å²) >= 11 is 0. The van der Waals surface area contributed by atoms with Crippen LogP contribution in [0.15, 0.2) is 42.5 Å². The van der Waals surface area contributed by atoms with Gasteiger partial charge in [0.2, 0.25) is 0 Å². The van der Waals surface area contributed by atoms with Crippen LogP contribution < -0.4 is 11.5 Å². The number of aromatic hydroxyl groups is 1. The summed E-state index contributed by atoms with van der Waals surface area (Å²) in [6.45, 7) is 1.75. The van der Waals surface area contributed by atoms with E-state index < -0.39 is 11.8 Å². The van der Waals surface area contributed by atoms with Crippen molar-refractivity contribution in [2.45, 2.75) is 24.6 Å². The zero-order chi connectivity index (χ0) is 21.5. The predicted molar refractivity (Wildman–Crippen MR) is 111 cm³/mol. The first kappa shape index (κ1) is 20.3. The standard InChI is InChI=1S/C22H26N4O4/c23-19(24)17-13-16(5-6-18(17)27)14-1-3-15(4-2-14)20(28)25-9-11-26(12-10-25)21(29)22(30)7-8-22/h1-6,13,19,27,30H,7-12,23-24H2. The minimum absolute atomic E-state index is 0.0481. The Morgan fingerprint density at radius 2 is 1.47 bits per heavy atom. The Morgan fingerprint density at radius 3 is 2.03 bits per heavy atom. The highest BCUT2D eigenvalue weighted by atomic mass is 16.3. The van der Waals surface area contributed by atoms with Crippen LogP contribution >= 0.6 is 0 Å². The number of aliphatic hydroxyl groups is 1. The van der Waals surface area contributed by atoms with Gasteiger partial charge in [-0.3, -0.25) is 9.59 Å². The Balaban J connectivity index is 1.41. The molecule has 8 heteroatoms. The fraction of sp³-hybridized carbons (Fsp3) is 0.364. The number of hydrogen-bond donors (Lipinski definition) is 4. The van der Waals surface area contributed by atoms with E-state index in [1.165, 1.54) is 0 Å². The molecule has 2 aromatic rings. The second kappa shape index (κ2) is 7.71. The third-order valence-corrected chi connectivity index (χ3v) is 5.83. The quantitative estimate of drug-likeness (QED) is 0.551. The number of rotatable bonds is 4. The van der Waals surface area contributed by atoms with Crippen molar-refractivity contribution in [3.8, 4) is 16.9 Å². The van der Waals surface area contributed by atoms with Gasteiger partial charge in [-0.2, -0.15) is 0 Å². The molecular weight excluding hydrogens is 384 g/mol. The van der Waals surface area contributed by atoms with E-state index in [1.807, 2.05) is 12.1 Å². The van der Waals surface area contributed by atoms with Gasteiger partial charge in [-0.1, -0.05) is 18.2 Å². The van der Waals surface area contributed by atoms with Crippen molar-refractivity contribution in [1.29, 1.82) is 0 Å².